The topological polar surface area (TPSA) is 60.2 Å². The molecule has 2 aromatic carbocycles. The van der Waals surface area contributed by atoms with Crippen LogP contribution in [0.3, 0.4) is 0 Å². The molecule has 1 saturated heterocycles. The number of benzene rings is 2. The van der Waals surface area contributed by atoms with Crippen LogP contribution >= 0.6 is 0 Å². The van der Waals surface area contributed by atoms with Gasteiger partial charge in [-0.1, -0.05) is 35.5 Å². The Morgan fingerprint density at radius 2 is 1.77 bits per heavy atom. The van der Waals surface area contributed by atoms with Crippen molar-refractivity contribution in [2.75, 3.05) is 13.1 Å². The molecule has 162 valence electrons. The van der Waals surface area contributed by atoms with Crippen LogP contribution < -0.4 is 4.74 Å². The van der Waals surface area contributed by atoms with Crippen molar-refractivity contribution >= 4 is 5.91 Å². The van der Waals surface area contributed by atoms with Gasteiger partial charge in [-0.25, -0.2) is 4.68 Å². The molecule has 1 amide bonds. The molecule has 0 spiro atoms. The number of rotatable bonds is 7. The van der Waals surface area contributed by atoms with E-state index in [0.717, 1.165) is 17.9 Å². The highest BCUT2D eigenvalue weighted by Crippen LogP contribution is 2.29. The van der Waals surface area contributed by atoms with Crippen molar-refractivity contribution in [2.24, 2.45) is 0 Å². The van der Waals surface area contributed by atoms with Gasteiger partial charge in [0, 0.05) is 19.5 Å². The predicted molar refractivity (Wildman–Crippen MR) is 106 cm³/mol. The quantitative estimate of drug-likeness (QED) is 0.571. The summed E-state index contributed by atoms with van der Waals surface area (Å²) in [7, 11) is 0. The maximum Gasteiger partial charge on any atom is 0.416 e. The number of alkyl halides is 3. The summed E-state index contributed by atoms with van der Waals surface area (Å²) in [5, 5.41) is 8.23. The van der Waals surface area contributed by atoms with E-state index >= 15 is 0 Å². The van der Waals surface area contributed by atoms with Gasteiger partial charge in [-0.15, -0.1) is 5.10 Å². The molecular formula is C22H21F3N4O2. The van der Waals surface area contributed by atoms with Gasteiger partial charge in [-0.2, -0.15) is 13.2 Å². The summed E-state index contributed by atoms with van der Waals surface area (Å²) in [5.74, 6) is 0.731. The first-order chi connectivity index (χ1) is 14.9. The van der Waals surface area contributed by atoms with Gasteiger partial charge in [0.1, 0.15) is 18.1 Å². The van der Waals surface area contributed by atoms with Crippen LogP contribution in [0.25, 0.3) is 0 Å². The van der Waals surface area contributed by atoms with Gasteiger partial charge in [0.25, 0.3) is 0 Å². The number of aromatic nitrogens is 3. The average Bonchev–Trinajstić information content (AvgIpc) is 3.18. The van der Waals surface area contributed by atoms with E-state index in [1.54, 1.807) is 9.58 Å². The van der Waals surface area contributed by atoms with Crippen molar-refractivity contribution in [3.05, 3.63) is 77.6 Å². The third kappa shape index (κ3) is 5.22. The molecular weight excluding hydrogens is 409 g/mol. The van der Waals surface area contributed by atoms with Crippen LogP contribution in [0.15, 0.2) is 60.8 Å². The molecule has 6 nitrogen and oxygen atoms in total. The Morgan fingerprint density at radius 3 is 2.45 bits per heavy atom. The Labute approximate surface area is 177 Å². The van der Waals surface area contributed by atoms with Crippen molar-refractivity contribution in [3.8, 4) is 5.75 Å². The number of nitrogens with zero attached hydrogens (tertiary/aromatic N) is 4. The molecule has 3 aromatic rings. The molecule has 1 aliphatic rings. The summed E-state index contributed by atoms with van der Waals surface area (Å²) < 4.78 is 45.2. The fourth-order valence-electron chi connectivity index (χ4n) is 3.33. The number of likely N-dealkylation sites (tertiary alicyclic amines) is 1. The van der Waals surface area contributed by atoms with Crippen molar-refractivity contribution in [2.45, 2.75) is 31.7 Å². The Balaban J connectivity index is 1.21. The van der Waals surface area contributed by atoms with Gasteiger partial charge < -0.3 is 9.64 Å². The van der Waals surface area contributed by atoms with Crippen LogP contribution in [-0.2, 0) is 24.0 Å². The lowest BCUT2D eigenvalue weighted by molar-refractivity contribution is -0.138. The van der Waals surface area contributed by atoms with Gasteiger partial charge in [-0.3, -0.25) is 4.79 Å². The number of hydrogen-bond acceptors (Lipinski definition) is 4. The molecule has 31 heavy (non-hydrogen) atoms. The highest BCUT2D eigenvalue weighted by Gasteiger charge is 2.33. The van der Waals surface area contributed by atoms with E-state index in [1.165, 1.54) is 12.1 Å². The number of hydrogen-bond donors (Lipinski definition) is 0. The zero-order chi connectivity index (χ0) is 21.8. The lowest BCUT2D eigenvalue weighted by Crippen LogP contribution is -2.51. The number of amides is 1. The second-order valence-electron chi connectivity index (χ2n) is 7.44. The summed E-state index contributed by atoms with van der Waals surface area (Å²) in [4.78, 5) is 14.1. The normalized spacial score (nSPS) is 14.4. The van der Waals surface area contributed by atoms with E-state index in [0.29, 0.717) is 37.4 Å². The van der Waals surface area contributed by atoms with Crippen molar-refractivity contribution in [1.82, 2.24) is 19.9 Å². The number of carbonyl (C=O) groups is 1. The summed E-state index contributed by atoms with van der Waals surface area (Å²) >= 11 is 0. The fraction of sp³-hybridized carbons (Fsp3) is 0.318. The summed E-state index contributed by atoms with van der Waals surface area (Å²) in [5.41, 5.74) is 0.725. The van der Waals surface area contributed by atoms with Gasteiger partial charge in [0.2, 0.25) is 5.91 Å². The highest BCUT2D eigenvalue weighted by molar-refractivity contribution is 5.77. The first-order valence-corrected chi connectivity index (χ1v) is 9.91. The monoisotopic (exact) mass is 430 g/mol. The van der Waals surface area contributed by atoms with E-state index in [2.05, 4.69) is 10.3 Å². The third-order valence-corrected chi connectivity index (χ3v) is 5.19. The van der Waals surface area contributed by atoms with Crippen molar-refractivity contribution in [1.29, 1.82) is 0 Å². The Kier molecular flexibility index (Phi) is 5.92. The Bertz CT molecular complexity index is 1010. The lowest BCUT2D eigenvalue weighted by Gasteiger charge is -2.39. The largest absolute Gasteiger partial charge is 0.487 e. The average molecular weight is 430 g/mol. The molecule has 0 unspecified atom stereocenters. The zero-order valence-electron chi connectivity index (χ0n) is 16.6. The Hall–Kier alpha value is -3.36. The maximum atomic E-state index is 12.6. The predicted octanol–water partition coefficient (Wildman–Crippen LogP) is 3.89. The molecule has 0 bridgehead atoms. The second kappa shape index (κ2) is 8.79. The summed E-state index contributed by atoms with van der Waals surface area (Å²) in [6.45, 7) is 1.38. The first kappa shape index (κ1) is 20.9. The Morgan fingerprint density at radius 1 is 1.06 bits per heavy atom. The van der Waals surface area contributed by atoms with Crippen molar-refractivity contribution in [3.63, 3.8) is 0 Å². The number of aryl methyl sites for hydroxylation is 1. The number of ether oxygens (including phenoxy) is 1. The molecule has 0 saturated carbocycles. The van der Waals surface area contributed by atoms with E-state index in [-0.39, 0.29) is 18.4 Å². The van der Waals surface area contributed by atoms with Gasteiger partial charge in [0.15, 0.2) is 0 Å². The summed E-state index contributed by atoms with van der Waals surface area (Å²) in [6, 6.07) is 14.4. The van der Waals surface area contributed by atoms with Gasteiger partial charge in [-0.05, 0) is 36.2 Å². The smallest absolute Gasteiger partial charge is 0.416 e. The van der Waals surface area contributed by atoms with Crippen LogP contribution in [0.5, 0.6) is 5.75 Å². The standard InChI is InChI=1S/C22H21F3N4O2/c23-22(24,25)17-9-6-16(7-10-17)8-11-21(30)28-13-19(14-28)29-12-18(26-27-29)15-31-20-4-2-1-3-5-20/h1-7,9-10,12,19H,8,11,13-15H2. The lowest BCUT2D eigenvalue weighted by atomic mass is 10.0. The second-order valence-corrected chi connectivity index (χ2v) is 7.44. The fourth-order valence-corrected chi connectivity index (χ4v) is 3.33. The molecule has 0 radical (unpaired) electrons. The van der Waals surface area contributed by atoms with E-state index in [9.17, 15) is 18.0 Å². The van der Waals surface area contributed by atoms with Crippen LogP contribution in [0, 0.1) is 0 Å². The molecule has 1 aliphatic heterocycles. The summed E-state index contributed by atoms with van der Waals surface area (Å²) in [6.07, 6.45) is -1.87. The molecule has 9 heteroatoms. The minimum Gasteiger partial charge on any atom is -0.487 e. The molecule has 0 N–H and O–H groups in total. The zero-order valence-corrected chi connectivity index (χ0v) is 16.6. The minimum atomic E-state index is -4.35. The van der Waals surface area contributed by atoms with Crippen LogP contribution in [0.1, 0.15) is 29.3 Å². The van der Waals surface area contributed by atoms with E-state index in [1.807, 2.05) is 36.5 Å². The first-order valence-electron chi connectivity index (χ1n) is 9.91. The molecule has 0 aliphatic carbocycles. The third-order valence-electron chi connectivity index (χ3n) is 5.19. The highest BCUT2D eigenvalue weighted by atomic mass is 19.4. The van der Waals surface area contributed by atoms with E-state index in [4.69, 9.17) is 4.74 Å². The maximum absolute atomic E-state index is 12.6. The molecule has 1 aromatic heterocycles. The molecule has 0 atom stereocenters. The minimum absolute atomic E-state index is 0.0242. The van der Waals surface area contributed by atoms with Crippen LogP contribution in [0.4, 0.5) is 13.2 Å². The van der Waals surface area contributed by atoms with E-state index < -0.39 is 11.7 Å². The molecule has 2 heterocycles. The molecule has 1 fully saturated rings. The van der Waals surface area contributed by atoms with Gasteiger partial charge in [0.05, 0.1) is 17.8 Å². The SMILES string of the molecule is O=C(CCc1ccc(C(F)(F)F)cc1)N1CC(n2cc(COc3ccccc3)nn2)C1. The van der Waals surface area contributed by atoms with Crippen molar-refractivity contribution < 1.29 is 22.7 Å². The van der Waals surface area contributed by atoms with Crippen LogP contribution in [-0.4, -0.2) is 38.9 Å². The number of halogens is 3. The van der Waals surface area contributed by atoms with Gasteiger partial charge >= 0.3 is 6.18 Å². The number of para-hydroxylation sites is 1. The molecule has 4 rings (SSSR count). The van der Waals surface area contributed by atoms with Crippen LogP contribution in [0.2, 0.25) is 0 Å². The number of carbonyl (C=O) groups excluding carboxylic acids is 1.